The van der Waals surface area contributed by atoms with E-state index in [1.807, 2.05) is 0 Å². The zero-order chi connectivity index (χ0) is 40.6. The van der Waals surface area contributed by atoms with Crippen LogP contribution in [-0.4, -0.2) is 129 Å². The summed E-state index contributed by atoms with van der Waals surface area (Å²) >= 11 is 0.716. The minimum absolute atomic E-state index is 0. The molecule has 55 heavy (non-hydrogen) atoms. The molecule has 26 nitrogen and oxygen atoms in total. The number of nitrogens with two attached hydrogens (primary N) is 1. The van der Waals surface area contributed by atoms with E-state index in [4.69, 9.17) is 20.1 Å². The van der Waals surface area contributed by atoms with Crippen LogP contribution in [0.3, 0.4) is 0 Å². The number of aromatic nitrogens is 4. The number of phosphoric acid groups is 3. The van der Waals surface area contributed by atoms with Crippen molar-refractivity contribution in [2.24, 2.45) is 5.41 Å². The zero-order valence-corrected chi connectivity index (χ0v) is 32.6. The Balaban J connectivity index is 0.0000105. The van der Waals surface area contributed by atoms with Gasteiger partial charge in [-0.2, -0.15) is 4.31 Å². The van der Waals surface area contributed by atoms with Crippen molar-refractivity contribution in [3.05, 3.63) is 12.7 Å². The first kappa shape index (κ1) is 48.8. The molecule has 0 radical (unpaired) electrons. The second-order valence-electron chi connectivity index (χ2n) is 11.8. The SMILES string of the molecule is CC(C)(COP(=O)(O)OP(=O)(O)OC[C@H]1O[C@@H](n2cnc3c(N)ncnc32)[C@H](O)[C@@H]1OP(=O)([O-])O)[C@@H](O)C(=O)NCCC(=O)NCCSC(=O)CC(=O)O.[Li+]. The van der Waals surface area contributed by atoms with Gasteiger partial charge in [0.05, 0.1) is 19.5 Å². The molecule has 10 N–H and O–H groups in total. The number of nitrogens with one attached hydrogen (secondary N) is 2. The van der Waals surface area contributed by atoms with Crippen molar-refractivity contribution in [3.63, 3.8) is 0 Å². The number of carbonyl (C=O) groups is 4. The summed E-state index contributed by atoms with van der Waals surface area (Å²) in [5.74, 6) is -2.82. The van der Waals surface area contributed by atoms with E-state index in [-0.39, 0.29) is 61.1 Å². The molecule has 3 heterocycles. The largest absolute Gasteiger partial charge is 1.00 e. The number of imidazole rings is 1. The Labute approximate surface area is 326 Å². The number of ether oxygens (including phenoxy) is 1. The van der Waals surface area contributed by atoms with Crippen molar-refractivity contribution < 1.29 is 109 Å². The van der Waals surface area contributed by atoms with E-state index in [0.29, 0.717) is 11.8 Å². The van der Waals surface area contributed by atoms with E-state index in [0.717, 1.165) is 17.2 Å². The average Bonchev–Trinajstić information content (AvgIpc) is 3.60. The van der Waals surface area contributed by atoms with Crippen molar-refractivity contribution in [2.45, 2.75) is 57.3 Å². The standard InChI is InChI=1S/C24H38N7O19P3S.Li/c1-24(2,19(37)22(38)27-4-3-13(32)26-5-6-54-15(35)7-14(33)34)9-47-53(44,45)50-52(42,43)46-8-12-18(49-51(39,40)41)17(36)23(48-12)31-11-30-16-20(25)28-10-29-21(16)31;/h10-12,17-19,23,36-37H,3-9H2,1-2H3,(H,26,32)(H,27,38)(H,33,34)(H,42,43)(H,44,45)(H2,25,28,29)(H2,39,40,41);/q;+1/p-1/t12-,17-,18-,19+,23-;/m1./s1. The minimum atomic E-state index is -5.60. The van der Waals surface area contributed by atoms with Crippen LogP contribution in [0.15, 0.2) is 12.7 Å². The van der Waals surface area contributed by atoms with E-state index < -0.39 is 102 Å². The Morgan fingerprint density at radius 1 is 1.09 bits per heavy atom. The number of aliphatic hydroxyl groups excluding tert-OH is 2. The summed E-state index contributed by atoms with van der Waals surface area (Å²) in [4.78, 5) is 98.9. The maximum Gasteiger partial charge on any atom is 1.00 e. The van der Waals surface area contributed by atoms with Crippen LogP contribution in [0.2, 0.25) is 0 Å². The van der Waals surface area contributed by atoms with E-state index >= 15 is 0 Å². The third-order valence-electron chi connectivity index (χ3n) is 7.06. The smallest absolute Gasteiger partial charge is 0.756 e. The van der Waals surface area contributed by atoms with Gasteiger partial charge in [0.25, 0.3) is 7.82 Å². The average molecular weight is 860 g/mol. The number of hydrogen-bond donors (Lipinski definition) is 9. The van der Waals surface area contributed by atoms with Gasteiger partial charge in [-0.25, -0.2) is 24.1 Å². The van der Waals surface area contributed by atoms with Crippen molar-refractivity contribution in [3.8, 4) is 0 Å². The van der Waals surface area contributed by atoms with Gasteiger partial charge < -0.3 is 60.5 Å². The molecule has 2 amide bonds. The molecule has 1 saturated heterocycles. The molecule has 0 saturated carbocycles. The third-order valence-corrected chi connectivity index (χ3v) is 11.0. The molecule has 1 fully saturated rings. The zero-order valence-electron chi connectivity index (χ0n) is 29.1. The van der Waals surface area contributed by atoms with Crippen molar-refractivity contribution in [2.75, 3.05) is 37.8 Å². The summed E-state index contributed by atoms with van der Waals surface area (Å²) in [7, 11) is -16.7. The van der Waals surface area contributed by atoms with Crippen LogP contribution in [0, 0.1) is 5.41 Å². The Hall–Kier alpha value is -2.37. The second kappa shape index (κ2) is 20.4. The maximum absolute atomic E-state index is 12.6. The topological polar surface area (TPSA) is 404 Å². The summed E-state index contributed by atoms with van der Waals surface area (Å²) in [5, 5.41) is 34.0. The summed E-state index contributed by atoms with van der Waals surface area (Å²) in [6.07, 6.45) is -7.99. The molecule has 0 aromatic carbocycles. The fraction of sp³-hybridized carbons (Fsp3) is 0.625. The Morgan fingerprint density at radius 2 is 1.75 bits per heavy atom. The maximum atomic E-state index is 12.6. The predicted molar refractivity (Wildman–Crippen MR) is 177 cm³/mol. The predicted octanol–water partition coefficient (Wildman–Crippen LogP) is -5.49. The molecule has 8 atom stereocenters. The van der Waals surface area contributed by atoms with Crippen LogP contribution in [0.25, 0.3) is 11.2 Å². The molecule has 0 spiro atoms. The molecular weight excluding hydrogens is 822 g/mol. The quantitative estimate of drug-likeness (QED) is 0.0245. The number of hydrogen-bond acceptors (Lipinski definition) is 20. The van der Waals surface area contributed by atoms with Gasteiger partial charge in [0.2, 0.25) is 11.8 Å². The van der Waals surface area contributed by atoms with E-state index in [1.54, 1.807) is 0 Å². The number of aliphatic carboxylic acids is 1. The van der Waals surface area contributed by atoms with Crippen molar-refractivity contribution in [1.29, 1.82) is 0 Å². The second-order valence-corrected chi connectivity index (χ2v) is 17.2. The fourth-order valence-corrected chi connectivity index (χ4v) is 7.94. The van der Waals surface area contributed by atoms with Gasteiger partial charge in [-0.3, -0.25) is 37.4 Å². The molecular formula is C24H37LiN7O19P3S. The van der Waals surface area contributed by atoms with Crippen LogP contribution in [-0.2, 0) is 55.5 Å². The molecule has 31 heteroatoms. The van der Waals surface area contributed by atoms with Gasteiger partial charge >= 0.3 is 40.5 Å². The number of amides is 2. The van der Waals surface area contributed by atoms with Gasteiger partial charge in [0.15, 0.2) is 22.8 Å². The third kappa shape index (κ3) is 15.1. The van der Waals surface area contributed by atoms with Crippen molar-refractivity contribution in [1.82, 2.24) is 30.2 Å². The normalized spacial score (nSPS) is 22.4. The van der Waals surface area contributed by atoms with E-state index in [2.05, 4.69) is 38.9 Å². The number of thioether (sulfide) groups is 1. The summed E-state index contributed by atoms with van der Waals surface area (Å²) in [6, 6.07) is 0. The number of rotatable bonds is 21. The summed E-state index contributed by atoms with van der Waals surface area (Å²) in [5.41, 5.74) is 4.15. The molecule has 3 unspecified atom stereocenters. The summed E-state index contributed by atoms with van der Waals surface area (Å²) in [6.45, 7) is 0.0812. The molecule has 304 valence electrons. The number of carboxylic acid groups (broad SMARTS) is 1. The van der Waals surface area contributed by atoms with Crippen LogP contribution in [0.1, 0.15) is 32.9 Å². The molecule has 2 aromatic rings. The Kier molecular flexibility index (Phi) is 18.1. The van der Waals surface area contributed by atoms with E-state index in [9.17, 15) is 62.7 Å². The Morgan fingerprint density at radius 3 is 2.38 bits per heavy atom. The van der Waals surface area contributed by atoms with Gasteiger partial charge in [-0.15, -0.1) is 0 Å². The van der Waals surface area contributed by atoms with E-state index in [1.165, 1.54) is 13.8 Å². The Bertz CT molecular complexity index is 1840. The molecule has 1 aliphatic rings. The van der Waals surface area contributed by atoms with Gasteiger partial charge in [-0.05, 0) is 0 Å². The molecule has 2 aromatic heterocycles. The molecule has 0 aliphatic carbocycles. The van der Waals surface area contributed by atoms with Crippen LogP contribution < -0.4 is 40.1 Å². The number of carboxylic acids is 1. The number of fused-ring (bicyclic) bond motifs is 1. The first-order valence-corrected chi connectivity index (χ1v) is 20.6. The number of carbonyl (C=O) groups excluding carboxylic acids is 3. The number of nitrogens with zero attached hydrogens (tertiary/aromatic N) is 4. The summed E-state index contributed by atoms with van der Waals surface area (Å²) < 4.78 is 61.5. The van der Waals surface area contributed by atoms with Gasteiger partial charge in [0.1, 0.15) is 42.7 Å². The first-order valence-electron chi connectivity index (χ1n) is 15.2. The van der Waals surface area contributed by atoms with Crippen LogP contribution >= 0.6 is 35.2 Å². The van der Waals surface area contributed by atoms with Crippen LogP contribution in [0.5, 0.6) is 0 Å². The fourth-order valence-electron chi connectivity index (χ4n) is 4.46. The molecule has 1 aliphatic heterocycles. The number of nitrogen functional groups attached to an aromatic ring is 1. The first-order chi connectivity index (χ1) is 24.9. The van der Waals surface area contributed by atoms with Crippen LogP contribution in [0.4, 0.5) is 5.82 Å². The van der Waals surface area contributed by atoms with Crippen molar-refractivity contribution >= 4 is 75.1 Å². The van der Waals surface area contributed by atoms with Gasteiger partial charge in [0, 0.05) is 30.7 Å². The molecule has 0 bridgehead atoms. The monoisotopic (exact) mass is 859 g/mol. The number of anilines is 1. The number of phosphoric ester groups is 3. The minimum Gasteiger partial charge on any atom is -0.756 e. The van der Waals surface area contributed by atoms with Gasteiger partial charge in [-0.1, -0.05) is 25.6 Å². The number of aliphatic hydroxyl groups is 2. The molecule has 3 rings (SSSR count).